The first-order valence-electron chi connectivity index (χ1n) is 7.08. The number of nitrogens with zero attached hydrogens (tertiary/aromatic N) is 2. The van der Waals surface area contributed by atoms with Crippen LogP contribution in [0.4, 0.5) is 13.2 Å². The smallest absolute Gasteiger partial charge is 0.392 e. The highest BCUT2D eigenvalue weighted by molar-refractivity contribution is 5.22. The summed E-state index contributed by atoms with van der Waals surface area (Å²) >= 11 is 0. The van der Waals surface area contributed by atoms with Gasteiger partial charge in [0.25, 0.3) is 0 Å². The Kier molecular flexibility index (Phi) is 5.03. The predicted octanol–water partition coefficient (Wildman–Crippen LogP) is 3.11. The second-order valence-electron chi connectivity index (χ2n) is 5.31. The fraction of sp³-hybridized carbons (Fsp3) is 0.714. The number of hydrogen-bond donors (Lipinski definition) is 1. The lowest BCUT2D eigenvalue weighted by atomic mass is 9.74. The first-order chi connectivity index (χ1) is 9.99. The van der Waals surface area contributed by atoms with Crippen LogP contribution in [-0.4, -0.2) is 30.3 Å². The molecule has 1 aromatic rings. The predicted molar refractivity (Wildman–Crippen MR) is 71.9 cm³/mol. The third kappa shape index (κ3) is 3.45. The Morgan fingerprint density at radius 2 is 1.90 bits per heavy atom. The topological polar surface area (TPSA) is 47.0 Å². The Labute approximate surface area is 122 Å². The van der Waals surface area contributed by atoms with E-state index in [0.717, 1.165) is 6.42 Å². The van der Waals surface area contributed by atoms with Gasteiger partial charge in [0.1, 0.15) is 5.69 Å². The fourth-order valence-electron chi connectivity index (χ4n) is 3.23. The van der Waals surface area contributed by atoms with Crippen LogP contribution in [-0.2, 0) is 0 Å². The maximum absolute atomic E-state index is 13.3. The van der Waals surface area contributed by atoms with Crippen LogP contribution in [0, 0.1) is 11.8 Å². The Bertz CT molecular complexity index is 467. The van der Waals surface area contributed by atoms with Crippen LogP contribution < -0.4 is 10.1 Å². The number of ether oxygens (including phenoxy) is 1. The summed E-state index contributed by atoms with van der Waals surface area (Å²) in [5.74, 6) is -1.58. The average molecular weight is 303 g/mol. The Balaban J connectivity index is 2.34. The van der Waals surface area contributed by atoms with E-state index in [4.69, 9.17) is 4.74 Å². The number of aromatic nitrogens is 2. The minimum absolute atomic E-state index is 0.176. The Morgan fingerprint density at radius 1 is 1.24 bits per heavy atom. The van der Waals surface area contributed by atoms with Crippen LogP contribution in [0.5, 0.6) is 5.88 Å². The van der Waals surface area contributed by atoms with Crippen LogP contribution in [0.15, 0.2) is 12.4 Å². The number of halogens is 3. The van der Waals surface area contributed by atoms with Crippen LogP contribution in [0.1, 0.15) is 37.4 Å². The molecule has 3 atom stereocenters. The lowest BCUT2D eigenvalue weighted by molar-refractivity contribution is -0.199. The van der Waals surface area contributed by atoms with Crippen molar-refractivity contribution in [3.8, 4) is 5.88 Å². The van der Waals surface area contributed by atoms with E-state index in [0.29, 0.717) is 18.5 Å². The van der Waals surface area contributed by atoms with Gasteiger partial charge < -0.3 is 10.1 Å². The second-order valence-corrected chi connectivity index (χ2v) is 5.31. The third-order valence-corrected chi connectivity index (χ3v) is 4.16. The minimum atomic E-state index is -4.18. The zero-order valence-electron chi connectivity index (χ0n) is 12.2. The molecule has 0 aromatic carbocycles. The van der Waals surface area contributed by atoms with Crippen molar-refractivity contribution in [1.82, 2.24) is 15.3 Å². The monoisotopic (exact) mass is 303 g/mol. The molecule has 0 aliphatic heterocycles. The van der Waals surface area contributed by atoms with Gasteiger partial charge in [-0.25, -0.2) is 4.98 Å². The molecule has 4 nitrogen and oxygen atoms in total. The van der Waals surface area contributed by atoms with E-state index in [2.05, 4.69) is 15.3 Å². The molecular weight excluding hydrogens is 283 g/mol. The van der Waals surface area contributed by atoms with Crippen LogP contribution in [0.25, 0.3) is 0 Å². The van der Waals surface area contributed by atoms with Gasteiger partial charge in [0.15, 0.2) is 0 Å². The number of rotatable bonds is 4. The van der Waals surface area contributed by atoms with Crippen LogP contribution in [0.2, 0.25) is 0 Å². The van der Waals surface area contributed by atoms with E-state index in [1.165, 1.54) is 19.5 Å². The Hall–Kier alpha value is -1.37. The largest absolute Gasteiger partial charge is 0.480 e. The van der Waals surface area contributed by atoms with Crippen molar-refractivity contribution in [3.63, 3.8) is 0 Å². The van der Waals surface area contributed by atoms with Crippen molar-refractivity contribution in [2.75, 3.05) is 14.2 Å². The first kappa shape index (κ1) is 16.0. The van der Waals surface area contributed by atoms with Crippen molar-refractivity contribution < 1.29 is 17.9 Å². The van der Waals surface area contributed by atoms with Crippen molar-refractivity contribution in [1.29, 1.82) is 0 Å². The summed E-state index contributed by atoms with van der Waals surface area (Å²) in [6.07, 6.45) is 0.886. The molecule has 1 fully saturated rings. The average Bonchev–Trinajstić information content (AvgIpc) is 2.48. The van der Waals surface area contributed by atoms with E-state index in [-0.39, 0.29) is 12.3 Å². The van der Waals surface area contributed by atoms with Gasteiger partial charge in [0.05, 0.1) is 19.1 Å². The normalized spacial score (nSPS) is 24.6. The molecule has 0 bridgehead atoms. The minimum Gasteiger partial charge on any atom is -0.480 e. The van der Waals surface area contributed by atoms with Gasteiger partial charge in [0, 0.05) is 12.4 Å². The first-order valence-corrected chi connectivity index (χ1v) is 7.08. The molecule has 0 radical (unpaired) electrons. The zero-order chi connectivity index (χ0) is 15.5. The van der Waals surface area contributed by atoms with Gasteiger partial charge in [-0.2, -0.15) is 13.2 Å². The zero-order valence-corrected chi connectivity index (χ0v) is 12.2. The molecule has 1 N–H and O–H groups in total. The number of hydrogen-bond acceptors (Lipinski definition) is 4. The highest BCUT2D eigenvalue weighted by Crippen LogP contribution is 2.46. The summed E-state index contributed by atoms with van der Waals surface area (Å²) in [7, 11) is 3.10. The molecule has 0 saturated heterocycles. The Morgan fingerprint density at radius 3 is 2.52 bits per heavy atom. The summed E-state index contributed by atoms with van der Waals surface area (Å²) in [6.45, 7) is 0. The number of nitrogens with one attached hydrogen (secondary N) is 1. The van der Waals surface area contributed by atoms with Gasteiger partial charge in [0.2, 0.25) is 5.88 Å². The number of methoxy groups -OCH3 is 1. The van der Waals surface area contributed by atoms with Gasteiger partial charge in [-0.1, -0.05) is 12.8 Å². The fourth-order valence-corrected chi connectivity index (χ4v) is 3.23. The molecule has 2 rings (SSSR count). The van der Waals surface area contributed by atoms with E-state index < -0.39 is 24.1 Å². The second kappa shape index (κ2) is 6.60. The highest BCUT2D eigenvalue weighted by atomic mass is 19.4. The number of alkyl halides is 3. The highest BCUT2D eigenvalue weighted by Gasteiger charge is 2.48. The molecule has 118 valence electrons. The summed E-state index contributed by atoms with van der Waals surface area (Å²) in [4.78, 5) is 8.24. The van der Waals surface area contributed by atoms with E-state index in [1.54, 1.807) is 7.05 Å². The van der Waals surface area contributed by atoms with Crippen molar-refractivity contribution in [2.24, 2.45) is 11.8 Å². The molecule has 3 unspecified atom stereocenters. The summed E-state index contributed by atoms with van der Waals surface area (Å²) < 4.78 is 45.0. The SMILES string of the molecule is CNC(c1nccnc1OC)C1CCCCC1C(F)(F)F. The lowest BCUT2D eigenvalue weighted by Gasteiger charge is -2.37. The van der Waals surface area contributed by atoms with E-state index in [1.807, 2.05) is 0 Å². The molecule has 1 aliphatic rings. The lowest BCUT2D eigenvalue weighted by Crippen LogP contribution is -2.40. The van der Waals surface area contributed by atoms with Crippen molar-refractivity contribution in [2.45, 2.75) is 37.9 Å². The summed E-state index contributed by atoms with van der Waals surface area (Å²) in [5, 5.41) is 2.98. The summed E-state index contributed by atoms with van der Waals surface area (Å²) in [5.41, 5.74) is 0.448. The van der Waals surface area contributed by atoms with Crippen molar-refractivity contribution in [3.05, 3.63) is 18.1 Å². The van der Waals surface area contributed by atoms with Crippen molar-refractivity contribution >= 4 is 0 Å². The van der Waals surface area contributed by atoms with Gasteiger partial charge in [-0.15, -0.1) is 0 Å². The van der Waals surface area contributed by atoms with Gasteiger partial charge in [-0.05, 0) is 25.8 Å². The van der Waals surface area contributed by atoms with Crippen LogP contribution in [0.3, 0.4) is 0 Å². The molecule has 0 amide bonds. The maximum Gasteiger partial charge on any atom is 0.392 e. The van der Waals surface area contributed by atoms with E-state index >= 15 is 0 Å². The van der Waals surface area contributed by atoms with Gasteiger partial charge in [-0.3, -0.25) is 4.98 Å². The molecule has 1 saturated carbocycles. The standard InChI is InChI=1S/C14H20F3N3O/c1-18-11(12-13(21-2)20-8-7-19-12)9-5-3-4-6-10(9)14(15,16)17/h7-11,18H,3-6H2,1-2H3. The molecule has 1 heterocycles. The molecular formula is C14H20F3N3O. The molecule has 7 heteroatoms. The molecule has 1 aromatic heterocycles. The maximum atomic E-state index is 13.3. The molecule has 1 aliphatic carbocycles. The quantitative estimate of drug-likeness (QED) is 0.928. The third-order valence-electron chi connectivity index (χ3n) is 4.16. The van der Waals surface area contributed by atoms with Crippen LogP contribution >= 0.6 is 0 Å². The molecule has 0 spiro atoms. The summed E-state index contributed by atoms with van der Waals surface area (Å²) in [6, 6.07) is -0.513. The van der Waals surface area contributed by atoms with Gasteiger partial charge >= 0.3 is 6.18 Å². The van der Waals surface area contributed by atoms with E-state index in [9.17, 15) is 13.2 Å². The molecule has 21 heavy (non-hydrogen) atoms.